The third-order valence-electron chi connectivity index (χ3n) is 10.1. The van der Waals surface area contributed by atoms with E-state index in [0.29, 0.717) is 6.42 Å². The number of benzene rings is 2. The van der Waals surface area contributed by atoms with E-state index in [1.165, 1.54) is 4.90 Å². The summed E-state index contributed by atoms with van der Waals surface area (Å²) >= 11 is 0. The lowest BCUT2D eigenvalue weighted by Gasteiger charge is -2.51. The highest BCUT2D eigenvalue weighted by molar-refractivity contribution is 5.99. The first-order valence-electron chi connectivity index (χ1n) is 14.2. The number of hydrogen-bond donors (Lipinski definition) is 2. The van der Waals surface area contributed by atoms with Gasteiger partial charge in [-0.15, -0.1) is 0 Å². The molecule has 2 unspecified atom stereocenters. The van der Waals surface area contributed by atoms with E-state index in [0.717, 1.165) is 16.5 Å². The number of likely N-dealkylation sites (tertiary alicyclic amines) is 1. The monoisotopic (exact) mass is 572 g/mol. The second kappa shape index (κ2) is 8.67. The van der Waals surface area contributed by atoms with Gasteiger partial charge in [0.05, 0.1) is 17.6 Å². The predicted molar refractivity (Wildman–Crippen MR) is 148 cm³/mol. The van der Waals surface area contributed by atoms with Crippen molar-refractivity contribution in [3.8, 4) is 0 Å². The third-order valence-corrected chi connectivity index (χ3v) is 10.1. The van der Waals surface area contributed by atoms with Crippen LogP contribution in [0, 0.1) is 16.2 Å². The van der Waals surface area contributed by atoms with Crippen molar-refractivity contribution < 1.29 is 38.5 Å². The highest BCUT2D eigenvalue weighted by atomic mass is 16.6. The lowest BCUT2D eigenvalue weighted by Crippen LogP contribution is -2.66. The smallest absolute Gasteiger partial charge is 0.338 e. The fraction of sp³-hybridized carbons (Fsp3) is 0.438. The number of rotatable bonds is 5. The number of hydrogen-bond acceptors (Lipinski definition) is 8. The van der Waals surface area contributed by atoms with Crippen LogP contribution in [0.4, 0.5) is 0 Å². The van der Waals surface area contributed by atoms with Crippen molar-refractivity contribution in [2.75, 3.05) is 6.54 Å². The summed E-state index contributed by atoms with van der Waals surface area (Å²) in [7, 11) is 0. The Morgan fingerprint density at radius 3 is 2.52 bits per heavy atom. The lowest BCUT2D eigenvalue weighted by molar-refractivity contribution is -0.211. The van der Waals surface area contributed by atoms with Crippen LogP contribution in [0.3, 0.4) is 0 Å². The number of para-hydroxylation sites is 1. The Labute approximate surface area is 241 Å². The first kappa shape index (κ1) is 26.7. The molecule has 218 valence electrons. The third kappa shape index (κ3) is 3.13. The number of amides is 1. The topological polar surface area (TPSA) is 135 Å². The summed E-state index contributed by atoms with van der Waals surface area (Å²) in [5.41, 5.74) is -4.13. The summed E-state index contributed by atoms with van der Waals surface area (Å²) in [4.78, 5) is 59.3. The standard InChI is InChI=1S/C32H32N2O8/c1-29(2,3)31(39)15-22-30(16-23(35)40-22)28(38)42-27-32(30,31)24(41-26(37)18-9-5-4-6-10-18)25(36)34(27)14-13-19-17-33-21-12-8-7-11-20(19)21/h4-12,17,22,24,27,33,39H,13-16H2,1-3H3/t22-,24-,27-,30?,31+,32?/m0/s1. The molecule has 2 aromatic carbocycles. The molecule has 10 heteroatoms. The number of aromatic nitrogens is 1. The molecule has 4 aliphatic rings. The summed E-state index contributed by atoms with van der Waals surface area (Å²) in [6.45, 7) is 5.52. The molecule has 0 bridgehead atoms. The van der Waals surface area contributed by atoms with Crippen molar-refractivity contribution in [3.05, 3.63) is 71.9 Å². The number of carbonyl (C=O) groups excluding carboxylic acids is 4. The maximum Gasteiger partial charge on any atom is 0.338 e. The number of H-pyrrole nitrogens is 1. The van der Waals surface area contributed by atoms with E-state index >= 15 is 0 Å². The summed E-state index contributed by atoms with van der Waals surface area (Å²) < 4.78 is 17.7. The van der Waals surface area contributed by atoms with E-state index in [1.54, 1.807) is 51.1 Å². The van der Waals surface area contributed by atoms with Crippen LogP contribution >= 0.6 is 0 Å². The maximum atomic E-state index is 14.4. The number of aliphatic hydroxyl groups is 1. The fourth-order valence-electron chi connectivity index (χ4n) is 8.15. The van der Waals surface area contributed by atoms with Gasteiger partial charge in [-0.25, -0.2) is 4.79 Å². The molecule has 3 aliphatic heterocycles. The molecule has 7 rings (SSSR count). The summed E-state index contributed by atoms with van der Waals surface area (Å²) in [6, 6.07) is 16.0. The molecule has 0 radical (unpaired) electrons. The molecule has 4 fully saturated rings. The van der Waals surface area contributed by atoms with Crippen LogP contribution in [0.5, 0.6) is 0 Å². The lowest BCUT2D eigenvalue weighted by atomic mass is 9.52. The Morgan fingerprint density at radius 1 is 1.07 bits per heavy atom. The number of esters is 3. The Bertz CT molecular complexity index is 1640. The Morgan fingerprint density at radius 2 is 1.79 bits per heavy atom. The molecule has 42 heavy (non-hydrogen) atoms. The molecule has 1 saturated carbocycles. The van der Waals surface area contributed by atoms with Gasteiger partial charge in [-0.3, -0.25) is 14.4 Å². The maximum absolute atomic E-state index is 14.4. The summed E-state index contributed by atoms with van der Waals surface area (Å²) in [6.07, 6.45) is -2.12. The van der Waals surface area contributed by atoms with Crippen LogP contribution in [-0.2, 0) is 35.0 Å². The molecule has 6 atom stereocenters. The number of nitrogens with zero attached hydrogens (tertiary/aromatic N) is 1. The van der Waals surface area contributed by atoms with Crippen LogP contribution in [0.25, 0.3) is 10.9 Å². The van der Waals surface area contributed by atoms with Gasteiger partial charge in [0.25, 0.3) is 5.91 Å². The molecule has 4 heterocycles. The molecular formula is C32H32N2O8. The van der Waals surface area contributed by atoms with Gasteiger partial charge in [0.2, 0.25) is 0 Å². The average molecular weight is 573 g/mol. The Kier molecular flexibility index (Phi) is 5.51. The van der Waals surface area contributed by atoms with Gasteiger partial charge in [-0.2, -0.15) is 0 Å². The van der Waals surface area contributed by atoms with Crippen molar-refractivity contribution in [2.45, 2.75) is 64.1 Å². The first-order chi connectivity index (χ1) is 20.0. The van der Waals surface area contributed by atoms with Crippen molar-refractivity contribution in [2.24, 2.45) is 16.2 Å². The van der Waals surface area contributed by atoms with E-state index in [9.17, 15) is 24.3 Å². The molecule has 3 aromatic rings. The van der Waals surface area contributed by atoms with Crippen molar-refractivity contribution in [3.63, 3.8) is 0 Å². The largest absolute Gasteiger partial charge is 0.461 e. The minimum Gasteiger partial charge on any atom is -0.461 e. The zero-order valence-corrected chi connectivity index (χ0v) is 23.6. The highest BCUT2D eigenvalue weighted by Crippen LogP contribution is 2.76. The van der Waals surface area contributed by atoms with Gasteiger partial charge in [-0.05, 0) is 35.6 Å². The molecule has 2 N–H and O–H groups in total. The predicted octanol–water partition coefficient (Wildman–Crippen LogP) is 3.13. The van der Waals surface area contributed by atoms with Crippen LogP contribution in [0.2, 0.25) is 0 Å². The second-order valence-corrected chi connectivity index (χ2v) is 12.9. The van der Waals surface area contributed by atoms with E-state index in [1.807, 2.05) is 30.5 Å². The molecule has 1 aromatic heterocycles. The Balaban J connectivity index is 1.37. The number of fused-ring (bicyclic) bond motifs is 1. The van der Waals surface area contributed by atoms with E-state index in [4.69, 9.17) is 14.2 Å². The van der Waals surface area contributed by atoms with Crippen molar-refractivity contribution in [1.82, 2.24) is 9.88 Å². The number of nitrogens with one attached hydrogen (secondary N) is 1. The van der Waals surface area contributed by atoms with Gasteiger partial charge < -0.3 is 29.2 Å². The minimum absolute atomic E-state index is 0.100. The van der Waals surface area contributed by atoms with Gasteiger partial charge >= 0.3 is 17.9 Å². The van der Waals surface area contributed by atoms with E-state index < -0.39 is 64.1 Å². The summed E-state index contributed by atoms with van der Waals surface area (Å²) in [5, 5.41) is 13.7. The highest BCUT2D eigenvalue weighted by Gasteiger charge is 2.93. The number of ether oxygens (including phenoxy) is 3. The second-order valence-electron chi connectivity index (χ2n) is 12.9. The fourth-order valence-corrected chi connectivity index (χ4v) is 8.15. The van der Waals surface area contributed by atoms with Gasteiger partial charge in [0.1, 0.15) is 16.9 Å². The zero-order chi connectivity index (χ0) is 29.7. The van der Waals surface area contributed by atoms with E-state index in [2.05, 4.69) is 4.98 Å². The SMILES string of the molecule is CC(C)(C)[C@]1(O)C[C@@H]2OC(=O)CC23C(=O)O[C@@H]2N(CCc4c[nH]c5ccccc45)C(=O)[C@H](OC(=O)c4ccccc4)C231. The molecule has 2 spiro atoms. The summed E-state index contributed by atoms with van der Waals surface area (Å²) in [5.74, 6) is -2.71. The normalized spacial score (nSPS) is 33.4. The van der Waals surface area contributed by atoms with Crippen LogP contribution < -0.4 is 0 Å². The van der Waals surface area contributed by atoms with Crippen molar-refractivity contribution in [1.29, 1.82) is 0 Å². The zero-order valence-electron chi connectivity index (χ0n) is 23.6. The van der Waals surface area contributed by atoms with Gasteiger partial charge in [0, 0.05) is 30.1 Å². The molecule has 1 amide bonds. The number of aromatic amines is 1. The van der Waals surface area contributed by atoms with Crippen LogP contribution in [0.15, 0.2) is 60.8 Å². The minimum atomic E-state index is -1.80. The molecule has 10 nitrogen and oxygen atoms in total. The molecule has 3 saturated heterocycles. The quantitative estimate of drug-likeness (QED) is 0.352. The van der Waals surface area contributed by atoms with Crippen LogP contribution in [0.1, 0.15) is 49.5 Å². The Hall–Kier alpha value is -4.18. The first-order valence-corrected chi connectivity index (χ1v) is 14.2. The van der Waals surface area contributed by atoms with Gasteiger partial charge in [-0.1, -0.05) is 57.2 Å². The van der Waals surface area contributed by atoms with Crippen LogP contribution in [-0.4, -0.2) is 69.4 Å². The van der Waals surface area contributed by atoms with Crippen molar-refractivity contribution >= 4 is 34.7 Å². The van der Waals surface area contributed by atoms with Gasteiger partial charge in [0.15, 0.2) is 12.3 Å². The molecule has 1 aliphatic carbocycles. The van der Waals surface area contributed by atoms with E-state index in [-0.39, 0.29) is 24.9 Å². The average Bonchev–Trinajstić information content (AvgIpc) is 3.68. The number of carbonyl (C=O) groups is 4. The molecular weight excluding hydrogens is 540 g/mol.